The first kappa shape index (κ1) is 40.0. The molecule has 6 rings (SSSR count). The average molecular weight is 729 g/mol. The highest BCUT2D eigenvalue weighted by molar-refractivity contribution is 5.51. The molecule has 0 unspecified atom stereocenters. The molecule has 0 aromatic heterocycles. The fourth-order valence-electron chi connectivity index (χ4n) is 8.14. The lowest BCUT2D eigenvalue weighted by Crippen LogP contribution is -2.16. The van der Waals surface area contributed by atoms with Crippen LogP contribution in [0, 0.1) is 0 Å². The molecule has 4 aromatic rings. The fourth-order valence-corrected chi connectivity index (χ4v) is 8.14. The van der Waals surface area contributed by atoms with Gasteiger partial charge in [0.1, 0.15) is 30.5 Å². The number of hydrogen-bond acceptors (Lipinski definition) is 3. The second-order valence-electron chi connectivity index (χ2n) is 20.6. The Balaban J connectivity index is 1.59. The molecule has 4 aromatic carbocycles. The number of phenols is 1. The van der Waals surface area contributed by atoms with E-state index in [-0.39, 0.29) is 21.7 Å². The highest BCUT2D eigenvalue weighted by atomic mass is 16.5. The summed E-state index contributed by atoms with van der Waals surface area (Å²) in [5, 5.41) is 11.8. The van der Waals surface area contributed by atoms with Gasteiger partial charge in [-0.1, -0.05) is 132 Å². The Morgan fingerprint density at radius 3 is 0.926 bits per heavy atom. The number of aryl methyl sites for hydroxylation is 6. The van der Waals surface area contributed by atoms with Crippen molar-refractivity contribution in [3.63, 3.8) is 0 Å². The monoisotopic (exact) mass is 729 g/mol. The maximum Gasteiger partial charge on any atom is 0.126 e. The van der Waals surface area contributed by atoms with Crippen LogP contribution in [0.1, 0.15) is 169 Å². The average Bonchev–Trinajstić information content (AvgIpc) is 3.06. The molecule has 0 radical (unpaired) electrons. The summed E-state index contributed by atoms with van der Waals surface area (Å²) in [6.45, 7) is 28.7. The quantitative estimate of drug-likeness (QED) is 0.196. The Labute approximate surface area is 327 Å². The van der Waals surface area contributed by atoms with Crippen molar-refractivity contribution in [3.05, 3.63) is 121 Å². The van der Waals surface area contributed by atoms with E-state index in [1.807, 2.05) is 0 Å². The number of phenolic OH excluding ortho intramolecular Hbond substituents is 1. The minimum absolute atomic E-state index is 0.000961. The van der Waals surface area contributed by atoms with Crippen LogP contribution < -0.4 is 9.47 Å². The maximum atomic E-state index is 11.8. The molecule has 0 saturated carbocycles. The van der Waals surface area contributed by atoms with Crippen LogP contribution in [0.3, 0.4) is 0 Å². The van der Waals surface area contributed by atoms with Crippen LogP contribution in [-0.4, -0.2) is 5.11 Å². The van der Waals surface area contributed by atoms with Crippen molar-refractivity contribution in [2.24, 2.45) is 0 Å². The smallest absolute Gasteiger partial charge is 0.126 e. The minimum Gasteiger partial charge on any atom is -0.507 e. The predicted octanol–water partition coefficient (Wildman–Crippen LogP) is 12.9. The first-order valence-electron chi connectivity index (χ1n) is 20.7. The normalized spacial score (nSPS) is 16.1. The first-order valence-corrected chi connectivity index (χ1v) is 20.7. The molecular formula is C51H68O3. The van der Waals surface area contributed by atoms with E-state index in [9.17, 15) is 5.11 Å². The summed E-state index contributed by atoms with van der Waals surface area (Å²) in [5.74, 6) is 2.59. The summed E-state index contributed by atoms with van der Waals surface area (Å²) < 4.78 is 14.1. The van der Waals surface area contributed by atoms with Gasteiger partial charge in [0, 0.05) is 0 Å². The van der Waals surface area contributed by atoms with Gasteiger partial charge in [-0.15, -0.1) is 0 Å². The van der Waals surface area contributed by atoms with Crippen LogP contribution in [0.5, 0.6) is 17.2 Å². The third kappa shape index (κ3) is 9.21. The summed E-state index contributed by atoms with van der Waals surface area (Å²) in [6.07, 6.45) is 8.19. The van der Waals surface area contributed by atoms with Crippen LogP contribution in [0.2, 0.25) is 0 Å². The van der Waals surface area contributed by atoms with E-state index in [1.54, 1.807) is 0 Å². The number of ether oxygens (including phenoxy) is 2. The Kier molecular flexibility index (Phi) is 11.2. The standard InChI is InChI=1S/C51H68O3/c1-48(2,3)41-23-33-22-34(24-41)32-54-47-38-19-14-17-36-26-42(49(4,5)6)25-35(45(36)52)16-13-18-37-27-43(50(7,8)9)29-39(46(37)53-31-33)20-15-21-40(47)30-44(28-38)51(10,11)12/h22-30,52H,13-21,31-32H2,1-12H3. The van der Waals surface area contributed by atoms with E-state index in [2.05, 4.69) is 138 Å². The van der Waals surface area contributed by atoms with Gasteiger partial charge in [-0.25, -0.2) is 0 Å². The van der Waals surface area contributed by atoms with Crippen molar-refractivity contribution in [1.29, 1.82) is 0 Å². The van der Waals surface area contributed by atoms with Gasteiger partial charge in [0.2, 0.25) is 0 Å². The van der Waals surface area contributed by atoms with Crippen molar-refractivity contribution in [2.45, 2.75) is 176 Å². The van der Waals surface area contributed by atoms with E-state index < -0.39 is 0 Å². The third-order valence-corrected chi connectivity index (χ3v) is 11.7. The van der Waals surface area contributed by atoms with Crippen molar-refractivity contribution in [1.82, 2.24) is 0 Å². The van der Waals surface area contributed by atoms with Gasteiger partial charge in [-0.3, -0.25) is 0 Å². The minimum atomic E-state index is -0.0153. The SMILES string of the molecule is CC(C)(C)c1cc2cc(c1)COc1c3cc(C(C)(C)C)cc1CCCc1cc(C(C)(C)C)cc(c1OC2)CCCc1cc(C(C)(C)C)cc(c1O)CCC3. The zero-order chi connectivity index (χ0) is 39.2. The van der Waals surface area contributed by atoms with E-state index in [4.69, 9.17) is 9.47 Å². The summed E-state index contributed by atoms with van der Waals surface area (Å²) in [6, 6.07) is 21.2. The zero-order valence-corrected chi connectivity index (χ0v) is 35.7. The Morgan fingerprint density at radius 1 is 0.370 bits per heavy atom. The molecule has 0 spiro atoms. The third-order valence-electron chi connectivity index (χ3n) is 11.7. The fraction of sp³-hybridized carbons (Fsp3) is 0.529. The molecule has 0 atom stereocenters. The molecule has 1 heterocycles. The van der Waals surface area contributed by atoms with Crippen molar-refractivity contribution in [2.75, 3.05) is 0 Å². The van der Waals surface area contributed by atoms with Crippen LogP contribution >= 0.6 is 0 Å². The molecular weight excluding hydrogens is 661 g/mol. The van der Waals surface area contributed by atoms with Gasteiger partial charge < -0.3 is 14.6 Å². The maximum absolute atomic E-state index is 11.8. The molecule has 3 nitrogen and oxygen atoms in total. The number of rotatable bonds is 0. The van der Waals surface area contributed by atoms with E-state index in [1.165, 1.54) is 55.6 Å². The number of benzene rings is 4. The Hall–Kier alpha value is -3.72. The zero-order valence-electron chi connectivity index (χ0n) is 35.7. The molecule has 1 N–H and O–H groups in total. The van der Waals surface area contributed by atoms with E-state index >= 15 is 0 Å². The Bertz CT molecular complexity index is 1830. The molecule has 1 aliphatic carbocycles. The van der Waals surface area contributed by atoms with Crippen molar-refractivity contribution < 1.29 is 14.6 Å². The molecule has 2 aliphatic rings. The van der Waals surface area contributed by atoms with Gasteiger partial charge in [0.25, 0.3) is 0 Å². The second-order valence-corrected chi connectivity index (χ2v) is 20.6. The van der Waals surface area contributed by atoms with Gasteiger partial charge in [0.15, 0.2) is 0 Å². The number of aromatic hydroxyl groups is 1. The van der Waals surface area contributed by atoms with E-state index in [0.717, 1.165) is 80.4 Å². The first-order chi connectivity index (χ1) is 25.2. The summed E-state index contributed by atoms with van der Waals surface area (Å²) in [7, 11) is 0. The van der Waals surface area contributed by atoms with Crippen LogP contribution in [0.25, 0.3) is 0 Å². The lowest BCUT2D eigenvalue weighted by atomic mass is 9.81. The molecule has 0 saturated heterocycles. The largest absolute Gasteiger partial charge is 0.507 e. The molecule has 1 aliphatic heterocycles. The van der Waals surface area contributed by atoms with Crippen LogP contribution in [0.15, 0.2) is 54.6 Å². The van der Waals surface area contributed by atoms with E-state index in [0.29, 0.717) is 19.0 Å². The van der Waals surface area contributed by atoms with Gasteiger partial charge in [-0.2, -0.15) is 0 Å². The number of fused-ring (bicyclic) bond motifs is 6. The van der Waals surface area contributed by atoms with Gasteiger partial charge in [0.05, 0.1) is 0 Å². The highest BCUT2D eigenvalue weighted by Crippen LogP contribution is 2.40. The van der Waals surface area contributed by atoms with Crippen LogP contribution in [0.4, 0.5) is 0 Å². The summed E-state index contributed by atoms with van der Waals surface area (Å²) >= 11 is 0. The van der Waals surface area contributed by atoms with Gasteiger partial charge >= 0.3 is 0 Å². The lowest BCUT2D eigenvalue weighted by Gasteiger charge is -2.27. The molecule has 54 heavy (non-hydrogen) atoms. The molecule has 3 heteroatoms. The lowest BCUT2D eigenvalue weighted by molar-refractivity contribution is 0.290. The molecule has 0 fully saturated rings. The predicted molar refractivity (Wildman–Crippen MR) is 227 cm³/mol. The topological polar surface area (TPSA) is 38.7 Å². The van der Waals surface area contributed by atoms with Crippen molar-refractivity contribution in [3.8, 4) is 17.2 Å². The van der Waals surface area contributed by atoms with Crippen molar-refractivity contribution >= 4 is 0 Å². The van der Waals surface area contributed by atoms with Crippen LogP contribution in [-0.2, 0) is 73.4 Å². The second kappa shape index (κ2) is 15.1. The number of hydrogen-bond donors (Lipinski definition) is 1. The molecule has 0 amide bonds. The Morgan fingerprint density at radius 2 is 0.630 bits per heavy atom. The summed E-state index contributed by atoms with van der Waals surface area (Å²) in [4.78, 5) is 0. The molecule has 10 bridgehead atoms. The molecule has 290 valence electrons. The highest BCUT2D eigenvalue weighted by Gasteiger charge is 2.25. The summed E-state index contributed by atoms with van der Waals surface area (Å²) in [5.41, 5.74) is 15.0. The van der Waals surface area contributed by atoms with Gasteiger partial charge in [-0.05, 0) is 152 Å².